The number of anilines is 1. The van der Waals surface area contributed by atoms with Crippen LogP contribution in [-0.2, 0) is 6.42 Å². The summed E-state index contributed by atoms with van der Waals surface area (Å²) in [5.74, 6) is 0.956. The minimum absolute atomic E-state index is 0.439. The third-order valence-corrected chi connectivity index (χ3v) is 3.00. The zero-order chi connectivity index (χ0) is 13.0. The molecular weight excluding hydrogens is 222 g/mol. The molecule has 1 heterocycles. The van der Waals surface area contributed by atoms with Gasteiger partial charge in [0, 0.05) is 25.0 Å². The second-order valence-electron chi connectivity index (χ2n) is 4.92. The summed E-state index contributed by atoms with van der Waals surface area (Å²) in [5, 5.41) is 3.39. The summed E-state index contributed by atoms with van der Waals surface area (Å²) in [7, 11) is 0. The van der Waals surface area contributed by atoms with E-state index in [0.29, 0.717) is 6.04 Å². The molecule has 3 nitrogen and oxygen atoms in total. The van der Waals surface area contributed by atoms with Crippen molar-refractivity contribution in [2.75, 3.05) is 11.9 Å². The monoisotopic (exact) mass is 243 g/mol. The Hall–Kier alpha value is -1.77. The smallest absolute Gasteiger partial charge is 0.203 e. The third kappa shape index (κ3) is 3.13. The standard InChI is InChI=1S/C15H21N3/c1-12(2)18-10-9-17-15(18)16-8-7-14-6-4-5-13(3)11-14/h4-6,9-12H,7-8H2,1-3H3,(H,16,17). The molecule has 1 aromatic carbocycles. The van der Waals surface area contributed by atoms with Crippen LogP contribution in [0.3, 0.4) is 0 Å². The summed E-state index contributed by atoms with van der Waals surface area (Å²) in [5.41, 5.74) is 2.68. The first-order valence-electron chi connectivity index (χ1n) is 6.49. The van der Waals surface area contributed by atoms with E-state index in [1.165, 1.54) is 11.1 Å². The molecule has 1 aromatic heterocycles. The Labute approximate surface area is 109 Å². The van der Waals surface area contributed by atoms with Gasteiger partial charge in [0.1, 0.15) is 0 Å². The summed E-state index contributed by atoms with van der Waals surface area (Å²) in [6.07, 6.45) is 4.88. The van der Waals surface area contributed by atoms with Crippen LogP contribution >= 0.6 is 0 Å². The Balaban J connectivity index is 1.90. The SMILES string of the molecule is Cc1cccc(CCNc2nccn2C(C)C)c1. The van der Waals surface area contributed by atoms with Crippen LogP contribution in [0.5, 0.6) is 0 Å². The third-order valence-electron chi connectivity index (χ3n) is 3.00. The van der Waals surface area contributed by atoms with Crippen LogP contribution in [0.2, 0.25) is 0 Å². The summed E-state index contributed by atoms with van der Waals surface area (Å²) in [6, 6.07) is 9.08. The van der Waals surface area contributed by atoms with Crippen molar-refractivity contribution in [3.05, 3.63) is 47.8 Å². The Morgan fingerprint density at radius 1 is 1.33 bits per heavy atom. The van der Waals surface area contributed by atoms with Crippen LogP contribution in [0.1, 0.15) is 31.0 Å². The lowest BCUT2D eigenvalue weighted by atomic mass is 10.1. The molecule has 2 aromatic rings. The van der Waals surface area contributed by atoms with E-state index in [1.54, 1.807) is 0 Å². The van der Waals surface area contributed by atoms with Gasteiger partial charge in [0.2, 0.25) is 5.95 Å². The molecule has 0 amide bonds. The Morgan fingerprint density at radius 2 is 2.17 bits per heavy atom. The zero-order valence-electron chi connectivity index (χ0n) is 11.4. The molecule has 0 spiro atoms. The fraction of sp³-hybridized carbons (Fsp3) is 0.400. The van der Waals surface area contributed by atoms with E-state index in [0.717, 1.165) is 18.9 Å². The molecule has 0 atom stereocenters. The fourth-order valence-electron chi connectivity index (χ4n) is 2.05. The topological polar surface area (TPSA) is 29.9 Å². The molecule has 2 rings (SSSR count). The Morgan fingerprint density at radius 3 is 2.89 bits per heavy atom. The average Bonchev–Trinajstić information content (AvgIpc) is 2.77. The van der Waals surface area contributed by atoms with Crippen molar-refractivity contribution < 1.29 is 0 Å². The van der Waals surface area contributed by atoms with Crippen LogP contribution in [0.25, 0.3) is 0 Å². The van der Waals surface area contributed by atoms with Gasteiger partial charge in [0.25, 0.3) is 0 Å². The van der Waals surface area contributed by atoms with Crippen molar-refractivity contribution >= 4 is 5.95 Å². The first kappa shape index (κ1) is 12.7. The highest BCUT2D eigenvalue weighted by molar-refractivity contribution is 5.28. The van der Waals surface area contributed by atoms with Gasteiger partial charge in [-0.15, -0.1) is 0 Å². The number of aryl methyl sites for hydroxylation is 1. The number of nitrogens with zero attached hydrogens (tertiary/aromatic N) is 2. The number of hydrogen-bond acceptors (Lipinski definition) is 2. The van der Waals surface area contributed by atoms with E-state index in [-0.39, 0.29) is 0 Å². The number of hydrogen-bond donors (Lipinski definition) is 1. The van der Waals surface area contributed by atoms with Crippen LogP contribution in [0.4, 0.5) is 5.95 Å². The predicted molar refractivity (Wildman–Crippen MR) is 76.0 cm³/mol. The highest BCUT2D eigenvalue weighted by atomic mass is 15.2. The summed E-state index contributed by atoms with van der Waals surface area (Å²) < 4.78 is 2.15. The van der Waals surface area contributed by atoms with Crippen molar-refractivity contribution in [2.24, 2.45) is 0 Å². The van der Waals surface area contributed by atoms with Gasteiger partial charge in [-0.25, -0.2) is 4.98 Å². The van der Waals surface area contributed by atoms with Crippen molar-refractivity contribution in [1.82, 2.24) is 9.55 Å². The summed E-state index contributed by atoms with van der Waals surface area (Å²) in [6.45, 7) is 7.36. The van der Waals surface area contributed by atoms with E-state index >= 15 is 0 Å². The number of rotatable bonds is 5. The van der Waals surface area contributed by atoms with E-state index in [2.05, 4.69) is 59.9 Å². The van der Waals surface area contributed by atoms with E-state index in [1.807, 2.05) is 12.4 Å². The van der Waals surface area contributed by atoms with Crippen molar-refractivity contribution in [2.45, 2.75) is 33.2 Å². The molecule has 0 bridgehead atoms. The average molecular weight is 243 g/mol. The minimum atomic E-state index is 0.439. The first-order chi connectivity index (χ1) is 8.66. The highest BCUT2D eigenvalue weighted by Crippen LogP contribution is 2.12. The van der Waals surface area contributed by atoms with Gasteiger partial charge in [0.05, 0.1) is 0 Å². The second kappa shape index (κ2) is 5.71. The van der Waals surface area contributed by atoms with E-state index in [9.17, 15) is 0 Å². The Kier molecular flexibility index (Phi) is 4.03. The van der Waals surface area contributed by atoms with Crippen molar-refractivity contribution in [3.8, 4) is 0 Å². The highest BCUT2D eigenvalue weighted by Gasteiger charge is 2.04. The van der Waals surface area contributed by atoms with E-state index in [4.69, 9.17) is 0 Å². The van der Waals surface area contributed by atoms with Gasteiger partial charge in [-0.1, -0.05) is 29.8 Å². The maximum Gasteiger partial charge on any atom is 0.203 e. The van der Waals surface area contributed by atoms with Gasteiger partial charge < -0.3 is 9.88 Å². The lowest BCUT2D eigenvalue weighted by Gasteiger charge is -2.12. The molecule has 0 aliphatic carbocycles. The summed E-state index contributed by atoms with van der Waals surface area (Å²) >= 11 is 0. The molecule has 0 saturated carbocycles. The van der Waals surface area contributed by atoms with Crippen LogP contribution in [0, 0.1) is 6.92 Å². The quantitative estimate of drug-likeness (QED) is 0.872. The van der Waals surface area contributed by atoms with Crippen molar-refractivity contribution in [1.29, 1.82) is 0 Å². The molecule has 0 saturated heterocycles. The number of aromatic nitrogens is 2. The second-order valence-corrected chi connectivity index (χ2v) is 4.92. The zero-order valence-corrected chi connectivity index (χ0v) is 11.4. The van der Waals surface area contributed by atoms with Gasteiger partial charge in [-0.3, -0.25) is 0 Å². The molecule has 1 N–H and O–H groups in total. The molecule has 0 aliphatic rings. The lowest BCUT2D eigenvalue weighted by Crippen LogP contribution is -2.11. The van der Waals surface area contributed by atoms with Crippen LogP contribution in [-0.4, -0.2) is 16.1 Å². The van der Waals surface area contributed by atoms with Gasteiger partial charge in [-0.2, -0.15) is 0 Å². The van der Waals surface area contributed by atoms with Gasteiger partial charge >= 0.3 is 0 Å². The molecule has 0 aliphatic heterocycles. The summed E-state index contributed by atoms with van der Waals surface area (Å²) in [4.78, 5) is 4.34. The van der Waals surface area contributed by atoms with Crippen LogP contribution in [0.15, 0.2) is 36.7 Å². The molecule has 96 valence electrons. The van der Waals surface area contributed by atoms with Crippen molar-refractivity contribution in [3.63, 3.8) is 0 Å². The molecular formula is C15H21N3. The van der Waals surface area contributed by atoms with Gasteiger partial charge in [-0.05, 0) is 32.8 Å². The van der Waals surface area contributed by atoms with E-state index < -0.39 is 0 Å². The molecule has 3 heteroatoms. The van der Waals surface area contributed by atoms with Crippen LogP contribution < -0.4 is 5.32 Å². The largest absolute Gasteiger partial charge is 0.355 e. The minimum Gasteiger partial charge on any atom is -0.355 e. The number of nitrogens with one attached hydrogen (secondary N) is 1. The predicted octanol–water partition coefficient (Wildman–Crippen LogP) is 3.43. The maximum absolute atomic E-state index is 4.34. The number of benzene rings is 1. The lowest BCUT2D eigenvalue weighted by molar-refractivity contribution is 0.604. The molecule has 0 radical (unpaired) electrons. The maximum atomic E-state index is 4.34. The normalized spacial score (nSPS) is 10.9. The fourth-order valence-corrected chi connectivity index (χ4v) is 2.05. The molecule has 0 fully saturated rings. The Bertz CT molecular complexity index is 500. The number of imidazole rings is 1. The van der Waals surface area contributed by atoms with Gasteiger partial charge in [0.15, 0.2) is 0 Å². The molecule has 0 unspecified atom stereocenters. The molecule has 18 heavy (non-hydrogen) atoms. The first-order valence-corrected chi connectivity index (χ1v) is 6.49.